The Bertz CT molecular complexity index is 1160. The molecule has 0 atom stereocenters. The molecule has 0 bridgehead atoms. The van der Waals surface area contributed by atoms with E-state index in [0.29, 0.717) is 31.4 Å². The lowest BCUT2D eigenvalue weighted by Gasteiger charge is -2.22. The zero-order chi connectivity index (χ0) is 20.9. The zero-order valence-electron chi connectivity index (χ0n) is 16.5. The van der Waals surface area contributed by atoms with E-state index in [2.05, 4.69) is 40.5 Å². The molecule has 30 heavy (non-hydrogen) atoms. The maximum absolute atomic E-state index is 10.5. The molecule has 6 heteroatoms. The van der Waals surface area contributed by atoms with Gasteiger partial charge in [0.15, 0.2) is 0 Å². The van der Waals surface area contributed by atoms with Crippen LogP contribution in [0.3, 0.4) is 0 Å². The standard InChI is InChI=1S/C24H23Cl2N3O/c25-12-14-29(15-13-26)16-20-21(6-3-7-22(20)30)27-23-11-10-18-9-8-17-4-1-2-5-19(17)24(18)28-23/h1-11,30H,12-16H2,(H,27,28). The number of phenolic OH excluding ortho intramolecular Hbond substituents is 1. The average Bonchev–Trinajstić information content (AvgIpc) is 2.76. The second kappa shape index (κ2) is 9.52. The molecule has 0 amide bonds. The minimum absolute atomic E-state index is 0.236. The van der Waals surface area contributed by atoms with Gasteiger partial charge in [-0.1, -0.05) is 42.5 Å². The summed E-state index contributed by atoms with van der Waals surface area (Å²) in [6, 6.07) is 21.9. The molecule has 0 saturated heterocycles. The highest BCUT2D eigenvalue weighted by Crippen LogP contribution is 2.31. The summed E-state index contributed by atoms with van der Waals surface area (Å²) in [6.07, 6.45) is 0. The number of halogens is 2. The van der Waals surface area contributed by atoms with E-state index >= 15 is 0 Å². The van der Waals surface area contributed by atoms with Gasteiger partial charge < -0.3 is 10.4 Å². The maximum atomic E-state index is 10.5. The summed E-state index contributed by atoms with van der Waals surface area (Å²) in [5.74, 6) is 1.98. The van der Waals surface area contributed by atoms with Crippen LogP contribution in [0.15, 0.2) is 66.7 Å². The van der Waals surface area contributed by atoms with E-state index in [9.17, 15) is 5.11 Å². The van der Waals surface area contributed by atoms with Crippen molar-refractivity contribution in [2.24, 2.45) is 0 Å². The lowest BCUT2D eigenvalue weighted by Crippen LogP contribution is -2.27. The molecule has 0 unspecified atom stereocenters. The fourth-order valence-corrected chi connectivity index (χ4v) is 4.13. The first kappa shape index (κ1) is 20.7. The van der Waals surface area contributed by atoms with Crippen LogP contribution >= 0.6 is 23.2 Å². The summed E-state index contributed by atoms with van der Waals surface area (Å²) in [5, 5.41) is 17.3. The molecule has 0 aliphatic carbocycles. The Labute approximate surface area is 186 Å². The van der Waals surface area contributed by atoms with Crippen LogP contribution < -0.4 is 5.32 Å². The van der Waals surface area contributed by atoms with Crippen molar-refractivity contribution in [3.63, 3.8) is 0 Å². The molecular formula is C24H23Cl2N3O. The van der Waals surface area contributed by atoms with Gasteiger partial charge in [-0.05, 0) is 29.7 Å². The summed E-state index contributed by atoms with van der Waals surface area (Å²) in [5.41, 5.74) is 2.56. The van der Waals surface area contributed by atoms with Gasteiger partial charge in [-0.3, -0.25) is 4.90 Å². The first-order valence-electron chi connectivity index (χ1n) is 9.90. The summed E-state index contributed by atoms with van der Waals surface area (Å²) in [6.45, 7) is 1.94. The van der Waals surface area contributed by atoms with Crippen molar-refractivity contribution in [3.8, 4) is 5.75 Å². The molecule has 0 aliphatic rings. The number of nitrogens with one attached hydrogen (secondary N) is 1. The first-order valence-corrected chi connectivity index (χ1v) is 11.0. The van der Waals surface area contributed by atoms with Gasteiger partial charge in [0.2, 0.25) is 0 Å². The SMILES string of the molecule is Oc1cccc(Nc2ccc3ccc4ccccc4c3n2)c1CN(CCCl)CCCl. The van der Waals surface area contributed by atoms with Gasteiger partial charge in [0, 0.05) is 53.4 Å². The number of aromatic nitrogens is 1. The largest absolute Gasteiger partial charge is 0.508 e. The van der Waals surface area contributed by atoms with Crippen molar-refractivity contribution < 1.29 is 5.11 Å². The van der Waals surface area contributed by atoms with Gasteiger partial charge in [-0.2, -0.15) is 0 Å². The van der Waals surface area contributed by atoms with Gasteiger partial charge in [0.25, 0.3) is 0 Å². The molecule has 2 N–H and O–H groups in total. The third-order valence-corrected chi connectivity index (χ3v) is 5.52. The van der Waals surface area contributed by atoms with Crippen molar-refractivity contribution in [2.75, 3.05) is 30.2 Å². The van der Waals surface area contributed by atoms with Gasteiger partial charge in [-0.15, -0.1) is 23.2 Å². The molecule has 0 spiro atoms. The number of pyridine rings is 1. The first-order chi connectivity index (χ1) is 14.7. The van der Waals surface area contributed by atoms with Gasteiger partial charge in [0.05, 0.1) is 5.52 Å². The molecule has 4 aromatic rings. The minimum Gasteiger partial charge on any atom is -0.508 e. The molecule has 4 rings (SSSR count). The zero-order valence-corrected chi connectivity index (χ0v) is 18.0. The van der Waals surface area contributed by atoms with E-state index in [1.807, 2.05) is 30.3 Å². The van der Waals surface area contributed by atoms with Gasteiger partial charge >= 0.3 is 0 Å². The number of rotatable bonds is 8. The highest BCUT2D eigenvalue weighted by atomic mass is 35.5. The predicted molar refractivity (Wildman–Crippen MR) is 127 cm³/mol. The molecule has 0 saturated carbocycles. The van der Waals surface area contributed by atoms with Crippen LogP contribution in [0.2, 0.25) is 0 Å². The Kier molecular flexibility index (Phi) is 6.58. The topological polar surface area (TPSA) is 48.4 Å². The normalized spacial score (nSPS) is 11.4. The van der Waals surface area contributed by atoms with Crippen LogP contribution in [0.4, 0.5) is 11.5 Å². The molecule has 0 aliphatic heterocycles. The van der Waals surface area contributed by atoms with Crippen molar-refractivity contribution in [2.45, 2.75) is 6.54 Å². The second-order valence-electron chi connectivity index (χ2n) is 7.14. The predicted octanol–water partition coefficient (Wildman–Crippen LogP) is 6.12. The molecule has 1 heterocycles. The van der Waals surface area contributed by atoms with Crippen LogP contribution in [-0.2, 0) is 6.54 Å². The van der Waals surface area contributed by atoms with E-state index in [1.54, 1.807) is 6.07 Å². The summed E-state index contributed by atoms with van der Waals surface area (Å²) in [4.78, 5) is 7.00. The third-order valence-electron chi connectivity index (χ3n) is 5.18. The monoisotopic (exact) mass is 439 g/mol. The Hall–Kier alpha value is -2.53. The molecule has 0 fully saturated rings. The van der Waals surface area contributed by atoms with Gasteiger partial charge in [-0.25, -0.2) is 4.98 Å². The van der Waals surface area contributed by atoms with Crippen LogP contribution in [0.5, 0.6) is 5.75 Å². The Balaban J connectivity index is 1.69. The smallest absolute Gasteiger partial charge is 0.131 e. The number of phenols is 1. The molecule has 1 aromatic heterocycles. The van der Waals surface area contributed by atoms with E-state index in [1.165, 1.54) is 0 Å². The van der Waals surface area contributed by atoms with Gasteiger partial charge in [0.1, 0.15) is 11.6 Å². The van der Waals surface area contributed by atoms with Crippen LogP contribution in [0.25, 0.3) is 21.7 Å². The number of hydrogen-bond acceptors (Lipinski definition) is 4. The third kappa shape index (κ3) is 4.46. The van der Waals surface area contributed by atoms with Crippen LogP contribution in [0, 0.1) is 0 Å². The molecular weight excluding hydrogens is 417 g/mol. The Morgan fingerprint density at radius 3 is 2.37 bits per heavy atom. The number of alkyl halides is 2. The Morgan fingerprint density at radius 2 is 1.57 bits per heavy atom. The number of benzene rings is 3. The fraction of sp³-hybridized carbons (Fsp3) is 0.208. The van der Waals surface area contributed by atoms with E-state index < -0.39 is 0 Å². The number of nitrogens with zero attached hydrogens (tertiary/aromatic N) is 2. The van der Waals surface area contributed by atoms with E-state index in [0.717, 1.165) is 38.7 Å². The van der Waals surface area contributed by atoms with E-state index in [-0.39, 0.29) is 5.75 Å². The lowest BCUT2D eigenvalue weighted by molar-refractivity contribution is 0.295. The number of aromatic hydroxyl groups is 1. The minimum atomic E-state index is 0.236. The molecule has 3 aromatic carbocycles. The highest BCUT2D eigenvalue weighted by molar-refractivity contribution is 6.18. The van der Waals surface area contributed by atoms with Crippen molar-refractivity contribution >= 4 is 56.4 Å². The molecule has 4 nitrogen and oxygen atoms in total. The quantitative estimate of drug-likeness (QED) is 0.256. The lowest BCUT2D eigenvalue weighted by atomic mass is 10.1. The van der Waals surface area contributed by atoms with E-state index in [4.69, 9.17) is 28.2 Å². The number of hydrogen-bond donors (Lipinski definition) is 2. The maximum Gasteiger partial charge on any atom is 0.131 e. The second-order valence-corrected chi connectivity index (χ2v) is 7.89. The van der Waals surface area contributed by atoms with Crippen molar-refractivity contribution in [3.05, 3.63) is 72.3 Å². The molecule has 154 valence electrons. The number of anilines is 2. The van der Waals surface area contributed by atoms with Crippen LogP contribution in [0.1, 0.15) is 5.56 Å². The number of fused-ring (bicyclic) bond motifs is 3. The van der Waals surface area contributed by atoms with Crippen LogP contribution in [-0.4, -0.2) is 39.8 Å². The Morgan fingerprint density at radius 1 is 0.833 bits per heavy atom. The summed E-state index contributed by atoms with van der Waals surface area (Å²) in [7, 11) is 0. The van der Waals surface area contributed by atoms with Crippen molar-refractivity contribution in [1.29, 1.82) is 0 Å². The average molecular weight is 440 g/mol. The van der Waals surface area contributed by atoms with Crippen molar-refractivity contribution in [1.82, 2.24) is 9.88 Å². The molecule has 0 radical (unpaired) electrons. The summed E-state index contributed by atoms with van der Waals surface area (Å²) < 4.78 is 0. The highest BCUT2D eigenvalue weighted by Gasteiger charge is 2.14. The fourth-order valence-electron chi connectivity index (χ4n) is 3.66. The summed E-state index contributed by atoms with van der Waals surface area (Å²) >= 11 is 11.9.